The Morgan fingerprint density at radius 2 is 1.92 bits per heavy atom. The molecule has 2 aliphatic rings. The number of sulfonamides is 1. The summed E-state index contributed by atoms with van der Waals surface area (Å²) in [5.74, 6) is 0.529. The third-order valence-electron chi connectivity index (χ3n) is 6.62. The molecule has 13 heteroatoms. The first-order valence-corrected chi connectivity index (χ1v) is 15.8. The average molecular weight is 573 g/mol. The molecule has 5 rings (SSSR count). The summed E-state index contributed by atoms with van der Waals surface area (Å²) in [4.78, 5) is 14.2. The van der Waals surface area contributed by atoms with Gasteiger partial charge in [0.05, 0.1) is 29.4 Å². The van der Waals surface area contributed by atoms with Crippen LogP contribution in [-0.2, 0) is 38.9 Å². The molecule has 0 spiro atoms. The lowest BCUT2D eigenvalue weighted by Gasteiger charge is -2.26. The Labute approximate surface area is 230 Å². The minimum Gasteiger partial charge on any atom is -0.379 e. The molecule has 1 fully saturated rings. The van der Waals surface area contributed by atoms with Gasteiger partial charge in [-0.2, -0.15) is 9.57 Å². The number of thiophene rings is 1. The number of carbonyl (C=O) groups is 1. The van der Waals surface area contributed by atoms with E-state index in [-0.39, 0.29) is 16.6 Å². The Morgan fingerprint density at radius 3 is 2.63 bits per heavy atom. The molecule has 1 N–H and O–H groups in total. The fraction of sp³-hybridized carbons (Fsp3) is 0.440. The Bertz CT molecular complexity index is 1470. The lowest BCUT2D eigenvalue weighted by Crippen LogP contribution is -2.40. The highest BCUT2D eigenvalue weighted by molar-refractivity contribution is 7.99. The van der Waals surface area contributed by atoms with Crippen molar-refractivity contribution in [1.29, 1.82) is 5.26 Å². The van der Waals surface area contributed by atoms with Crippen molar-refractivity contribution in [2.24, 2.45) is 0 Å². The quantitative estimate of drug-likeness (QED) is 0.406. The van der Waals surface area contributed by atoms with Crippen LogP contribution in [0.15, 0.2) is 34.3 Å². The summed E-state index contributed by atoms with van der Waals surface area (Å²) < 4.78 is 34.4. The molecule has 1 aliphatic carbocycles. The first-order chi connectivity index (χ1) is 18.4. The molecular weight excluding hydrogens is 545 g/mol. The van der Waals surface area contributed by atoms with Crippen molar-refractivity contribution < 1.29 is 17.9 Å². The highest BCUT2D eigenvalue weighted by Crippen LogP contribution is 2.37. The van der Waals surface area contributed by atoms with Gasteiger partial charge in [0, 0.05) is 30.1 Å². The normalized spacial score (nSPS) is 16.1. The van der Waals surface area contributed by atoms with Crippen molar-refractivity contribution in [3.63, 3.8) is 0 Å². The van der Waals surface area contributed by atoms with Gasteiger partial charge in [-0.25, -0.2) is 8.42 Å². The van der Waals surface area contributed by atoms with Crippen molar-refractivity contribution in [2.75, 3.05) is 37.4 Å². The standard InChI is InChI=1S/C25H28N6O4S3/c1-2-31-23(17-7-9-18(10-8-17)38(33,34)30-11-13-35-14-12-30)28-29-25(31)36-16-22(32)27-24-20(15-26)19-5-3-4-6-21(19)37-24/h7-10H,2-6,11-14,16H2,1H3,(H,27,32). The molecule has 200 valence electrons. The van der Waals surface area contributed by atoms with E-state index in [9.17, 15) is 18.5 Å². The van der Waals surface area contributed by atoms with E-state index in [1.165, 1.54) is 32.3 Å². The van der Waals surface area contributed by atoms with E-state index in [2.05, 4.69) is 21.6 Å². The topological polar surface area (TPSA) is 130 Å². The van der Waals surface area contributed by atoms with Gasteiger partial charge in [0.2, 0.25) is 15.9 Å². The number of aryl methyl sites for hydroxylation is 1. The number of morpholine rings is 1. The highest BCUT2D eigenvalue weighted by atomic mass is 32.2. The number of nitrogens with zero attached hydrogens (tertiary/aromatic N) is 5. The van der Waals surface area contributed by atoms with Crippen molar-refractivity contribution in [3.05, 3.63) is 40.3 Å². The predicted octanol–water partition coefficient (Wildman–Crippen LogP) is 3.53. The number of benzene rings is 1. The largest absolute Gasteiger partial charge is 0.379 e. The predicted molar refractivity (Wildman–Crippen MR) is 146 cm³/mol. The zero-order valence-corrected chi connectivity index (χ0v) is 23.4. The van der Waals surface area contributed by atoms with E-state index in [1.54, 1.807) is 24.3 Å². The minimum absolute atomic E-state index is 0.127. The van der Waals surface area contributed by atoms with Crippen LogP contribution in [0.3, 0.4) is 0 Å². The third kappa shape index (κ3) is 5.37. The molecule has 0 bridgehead atoms. The van der Waals surface area contributed by atoms with Crippen LogP contribution in [0.1, 0.15) is 35.8 Å². The Balaban J connectivity index is 1.26. The third-order valence-corrected chi connectivity index (χ3v) is 10.7. The second kappa shape index (κ2) is 11.5. The number of fused-ring (bicyclic) bond motifs is 1. The number of hydrogen-bond donors (Lipinski definition) is 1. The Morgan fingerprint density at radius 1 is 1.18 bits per heavy atom. The number of amides is 1. The molecule has 3 aromatic rings. The van der Waals surface area contributed by atoms with Crippen molar-refractivity contribution in [3.8, 4) is 17.5 Å². The zero-order chi connectivity index (χ0) is 26.7. The molecule has 0 unspecified atom stereocenters. The maximum absolute atomic E-state index is 12.9. The summed E-state index contributed by atoms with van der Waals surface area (Å²) in [5, 5.41) is 22.4. The number of aromatic nitrogens is 3. The number of ether oxygens (including phenoxy) is 1. The van der Waals surface area contributed by atoms with Crippen molar-refractivity contribution >= 4 is 44.0 Å². The Kier molecular flexibility index (Phi) is 8.15. The fourth-order valence-electron chi connectivity index (χ4n) is 4.67. The molecule has 1 saturated heterocycles. The second-order valence-electron chi connectivity index (χ2n) is 8.95. The van der Waals surface area contributed by atoms with Crippen LogP contribution >= 0.6 is 23.1 Å². The summed E-state index contributed by atoms with van der Waals surface area (Å²) in [6.07, 6.45) is 4.04. The summed E-state index contributed by atoms with van der Waals surface area (Å²) in [6.45, 7) is 4.01. The molecule has 10 nitrogen and oxygen atoms in total. The molecule has 3 heterocycles. The van der Waals surface area contributed by atoms with Gasteiger partial charge in [-0.1, -0.05) is 11.8 Å². The summed E-state index contributed by atoms with van der Waals surface area (Å²) >= 11 is 2.78. The molecule has 0 radical (unpaired) electrons. The van der Waals surface area contributed by atoms with Crippen LogP contribution in [0.2, 0.25) is 0 Å². The van der Waals surface area contributed by atoms with Crippen LogP contribution in [0.4, 0.5) is 5.00 Å². The molecule has 2 aromatic heterocycles. The number of nitriles is 1. The van der Waals surface area contributed by atoms with E-state index in [1.807, 2.05) is 11.5 Å². The average Bonchev–Trinajstić information content (AvgIpc) is 3.52. The fourth-order valence-corrected chi connectivity index (χ4v) is 8.14. The minimum atomic E-state index is -3.58. The van der Waals surface area contributed by atoms with Gasteiger partial charge in [-0.05, 0) is 62.4 Å². The van der Waals surface area contributed by atoms with Gasteiger partial charge in [-0.15, -0.1) is 21.5 Å². The maximum atomic E-state index is 12.9. The van der Waals surface area contributed by atoms with E-state index < -0.39 is 10.0 Å². The molecule has 1 aromatic carbocycles. The van der Waals surface area contributed by atoms with Gasteiger partial charge in [0.1, 0.15) is 11.1 Å². The molecule has 0 saturated carbocycles. The molecule has 38 heavy (non-hydrogen) atoms. The van der Waals surface area contributed by atoms with E-state index in [4.69, 9.17) is 4.74 Å². The van der Waals surface area contributed by atoms with E-state index in [0.717, 1.165) is 36.8 Å². The van der Waals surface area contributed by atoms with Gasteiger partial charge >= 0.3 is 0 Å². The lowest BCUT2D eigenvalue weighted by molar-refractivity contribution is -0.113. The van der Waals surface area contributed by atoms with Gasteiger partial charge in [0.15, 0.2) is 11.0 Å². The number of nitrogens with one attached hydrogen (secondary N) is 1. The first kappa shape index (κ1) is 26.8. The Hall–Kier alpha value is -2.76. The van der Waals surface area contributed by atoms with Crippen molar-refractivity contribution in [1.82, 2.24) is 19.1 Å². The summed E-state index contributed by atoms with van der Waals surface area (Å²) in [6, 6.07) is 8.90. The number of thioether (sulfide) groups is 1. The first-order valence-electron chi connectivity index (χ1n) is 12.5. The van der Waals surface area contributed by atoms with Gasteiger partial charge in [-0.3, -0.25) is 4.79 Å². The smallest absolute Gasteiger partial charge is 0.243 e. The molecule has 0 atom stereocenters. The lowest BCUT2D eigenvalue weighted by atomic mass is 9.96. The van der Waals surface area contributed by atoms with E-state index in [0.29, 0.717) is 54.4 Å². The summed E-state index contributed by atoms with van der Waals surface area (Å²) in [5.41, 5.74) is 2.42. The van der Waals surface area contributed by atoms with Gasteiger partial charge in [0.25, 0.3) is 0 Å². The maximum Gasteiger partial charge on any atom is 0.243 e. The molecule has 1 aliphatic heterocycles. The SMILES string of the molecule is CCn1c(SCC(=O)Nc2sc3c(c2C#N)CCCC3)nnc1-c1ccc(S(=O)(=O)N2CCOCC2)cc1. The second-order valence-corrected chi connectivity index (χ2v) is 12.9. The highest BCUT2D eigenvalue weighted by Gasteiger charge is 2.27. The zero-order valence-electron chi connectivity index (χ0n) is 21.0. The molecule has 1 amide bonds. The number of anilines is 1. The molecular formula is C25H28N6O4S3. The van der Waals surface area contributed by atoms with Crippen LogP contribution < -0.4 is 5.32 Å². The van der Waals surface area contributed by atoms with Gasteiger partial charge < -0.3 is 14.6 Å². The van der Waals surface area contributed by atoms with Crippen LogP contribution in [0.5, 0.6) is 0 Å². The van der Waals surface area contributed by atoms with Crippen LogP contribution in [0, 0.1) is 11.3 Å². The number of carbonyl (C=O) groups excluding carboxylic acids is 1. The number of rotatable bonds is 8. The van der Waals surface area contributed by atoms with Crippen LogP contribution in [-0.4, -0.2) is 65.5 Å². The monoisotopic (exact) mass is 572 g/mol. The number of hydrogen-bond acceptors (Lipinski definition) is 9. The summed E-state index contributed by atoms with van der Waals surface area (Å²) in [7, 11) is -3.58. The van der Waals surface area contributed by atoms with Crippen LogP contribution in [0.25, 0.3) is 11.4 Å². The van der Waals surface area contributed by atoms with Crippen molar-refractivity contribution in [2.45, 2.75) is 49.2 Å². The van der Waals surface area contributed by atoms with E-state index >= 15 is 0 Å².